The molecule has 2 aliphatic rings. The topological polar surface area (TPSA) is 78.5 Å². The summed E-state index contributed by atoms with van der Waals surface area (Å²) in [5, 5.41) is 5.73. The van der Waals surface area contributed by atoms with Crippen LogP contribution < -0.4 is 10.6 Å². The van der Waals surface area contributed by atoms with Gasteiger partial charge in [-0.3, -0.25) is 14.5 Å². The highest BCUT2D eigenvalue weighted by Crippen LogP contribution is 2.33. The van der Waals surface area contributed by atoms with Crippen molar-refractivity contribution in [1.29, 1.82) is 0 Å². The lowest BCUT2D eigenvalue weighted by Crippen LogP contribution is -2.48. The Kier molecular flexibility index (Phi) is 6.77. The Bertz CT molecular complexity index is 674. The van der Waals surface area contributed by atoms with E-state index < -0.39 is 5.54 Å². The number of thioether (sulfide) groups is 1. The molecular formula is C20H27N3O3S. The molecule has 4 amide bonds. The SMILES string of the molecule is O=C(CCN1C(=O)NC2(CCCCC2)C1=O)NCCSCc1ccccc1. The predicted molar refractivity (Wildman–Crippen MR) is 106 cm³/mol. The molecule has 3 rings (SSSR count). The lowest BCUT2D eigenvalue weighted by Gasteiger charge is -2.30. The molecule has 1 aliphatic carbocycles. The van der Waals surface area contributed by atoms with Gasteiger partial charge in [0.2, 0.25) is 5.91 Å². The van der Waals surface area contributed by atoms with E-state index in [9.17, 15) is 14.4 Å². The molecule has 1 aliphatic heterocycles. The Labute approximate surface area is 164 Å². The van der Waals surface area contributed by atoms with E-state index in [1.165, 1.54) is 10.5 Å². The summed E-state index contributed by atoms with van der Waals surface area (Å²) in [5.74, 6) is 1.47. The third kappa shape index (κ3) is 5.03. The van der Waals surface area contributed by atoms with Gasteiger partial charge in [0.15, 0.2) is 0 Å². The van der Waals surface area contributed by atoms with Gasteiger partial charge >= 0.3 is 6.03 Å². The highest BCUT2D eigenvalue weighted by Gasteiger charge is 2.50. The number of amides is 4. The first-order valence-corrected chi connectivity index (χ1v) is 10.8. The van der Waals surface area contributed by atoms with Crippen LogP contribution in [-0.4, -0.2) is 47.1 Å². The van der Waals surface area contributed by atoms with E-state index in [2.05, 4.69) is 22.8 Å². The fourth-order valence-corrected chi connectivity index (χ4v) is 4.52. The van der Waals surface area contributed by atoms with Gasteiger partial charge in [0.1, 0.15) is 5.54 Å². The first-order valence-electron chi connectivity index (χ1n) is 9.63. The zero-order valence-corrected chi connectivity index (χ0v) is 16.4. The number of hydrogen-bond acceptors (Lipinski definition) is 4. The van der Waals surface area contributed by atoms with Crippen LogP contribution in [0.1, 0.15) is 44.1 Å². The molecule has 1 heterocycles. The summed E-state index contributed by atoms with van der Waals surface area (Å²) in [6.07, 6.45) is 4.59. The molecule has 0 atom stereocenters. The molecule has 27 heavy (non-hydrogen) atoms. The highest BCUT2D eigenvalue weighted by atomic mass is 32.2. The number of imide groups is 1. The number of urea groups is 1. The molecule has 0 radical (unpaired) electrons. The molecule has 2 fully saturated rings. The standard InChI is InChI=1S/C20H27N3O3S/c24-17(21-12-14-27-15-16-7-3-1-4-8-16)9-13-23-18(25)20(22-19(23)26)10-5-2-6-11-20/h1,3-4,7-8H,2,5-6,9-15H2,(H,21,24)(H,22,26). The van der Waals surface area contributed by atoms with E-state index in [1.807, 2.05) is 18.2 Å². The summed E-state index contributed by atoms with van der Waals surface area (Å²) in [4.78, 5) is 38.1. The van der Waals surface area contributed by atoms with E-state index in [0.717, 1.165) is 30.8 Å². The average Bonchev–Trinajstić information content (AvgIpc) is 2.90. The molecule has 146 valence electrons. The number of nitrogens with zero attached hydrogens (tertiary/aromatic N) is 1. The molecule has 1 spiro atoms. The van der Waals surface area contributed by atoms with Gasteiger partial charge in [-0.15, -0.1) is 0 Å². The number of hydrogen-bond donors (Lipinski definition) is 2. The van der Waals surface area contributed by atoms with Crippen LogP contribution in [0.25, 0.3) is 0 Å². The minimum atomic E-state index is -0.708. The Hall–Kier alpha value is -2.02. The van der Waals surface area contributed by atoms with E-state index >= 15 is 0 Å². The Morgan fingerprint density at radius 2 is 1.89 bits per heavy atom. The fourth-order valence-electron chi connectivity index (χ4n) is 3.70. The Morgan fingerprint density at radius 1 is 1.15 bits per heavy atom. The molecule has 6 nitrogen and oxygen atoms in total. The van der Waals surface area contributed by atoms with Gasteiger partial charge < -0.3 is 10.6 Å². The third-order valence-electron chi connectivity index (χ3n) is 5.20. The maximum atomic E-state index is 12.6. The number of carbonyl (C=O) groups excluding carboxylic acids is 3. The first-order chi connectivity index (χ1) is 13.1. The van der Waals surface area contributed by atoms with Crippen molar-refractivity contribution >= 4 is 29.6 Å². The highest BCUT2D eigenvalue weighted by molar-refractivity contribution is 7.98. The van der Waals surface area contributed by atoms with E-state index in [1.54, 1.807) is 11.8 Å². The van der Waals surface area contributed by atoms with Gasteiger partial charge in [-0.1, -0.05) is 49.6 Å². The monoisotopic (exact) mass is 389 g/mol. The molecule has 0 bridgehead atoms. The summed E-state index contributed by atoms with van der Waals surface area (Å²) in [7, 11) is 0. The Balaban J connectivity index is 1.34. The minimum absolute atomic E-state index is 0.125. The van der Waals surface area contributed by atoms with Crippen molar-refractivity contribution in [3.05, 3.63) is 35.9 Å². The van der Waals surface area contributed by atoms with Crippen LogP contribution in [-0.2, 0) is 15.3 Å². The maximum Gasteiger partial charge on any atom is 0.325 e. The lowest BCUT2D eigenvalue weighted by atomic mass is 9.82. The molecule has 1 aromatic rings. The molecular weight excluding hydrogens is 362 g/mol. The van der Waals surface area contributed by atoms with Crippen LogP contribution in [0.5, 0.6) is 0 Å². The van der Waals surface area contributed by atoms with Crippen molar-refractivity contribution in [2.75, 3.05) is 18.8 Å². The second kappa shape index (κ2) is 9.26. The minimum Gasteiger partial charge on any atom is -0.355 e. The van der Waals surface area contributed by atoms with Crippen molar-refractivity contribution < 1.29 is 14.4 Å². The van der Waals surface area contributed by atoms with Crippen LogP contribution in [0.4, 0.5) is 4.79 Å². The van der Waals surface area contributed by atoms with Crippen LogP contribution in [0.2, 0.25) is 0 Å². The van der Waals surface area contributed by atoms with Gasteiger partial charge in [-0.2, -0.15) is 11.8 Å². The predicted octanol–water partition coefficient (Wildman–Crippen LogP) is 2.68. The number of carbonyl (C=O) groups is 3. The van der Waals surface area contributed by atoms with E-state index in [0.29, 0.717) is 19.4 Å². The molecule has 0 unspecified atom stereocenters. The van der Waals surface area contributed by atoms with Crippen molar-refractivity contribution in [1.82, 2.24) is 15.5 Å². The van der Waals surface area contributed by atoms with Gasteiger partial charge in [-0.05, 0) is 18.4 Å². The van der Waals surface area contributed by atoms with Crippen LogP contribution in [0.15, 0.2) is 30.3 Å². The summed E-state index contributed by atoms with van der Waals surface area (Å²) < 4.78 is 0. The van der Waals surface area contributed by atoms with Crippen molar-refractivity contribution in [2.45, 2.75) is 49.8 Å². The summed E-state index contributed by atoms with van der Waals surface area (Å²) in [6.45, 7) is 0.732. The van der Waals surface area contributed by atoms with Gasteiger partial charge in [-0.25, -0.2) is 4.79 Å². The maximum absolute atomic E-state index is 12.6. The normalized spacial score (nSPS) is 18.6. The van der Waals surface area contributed by atoms with Crippen LogP contribution in [0.3, 0.4) is 0 Å². The average molecular weight is 390 g/mol. The third-order valence-corrected chi connectivity index (χ3v) is 6.23. The zero-order valence-electron chi connectivity index (χ0n) is 15.5. The smallest absolute Gasteiger partial charge is 0.325 e. The van der Waals surface area contributed by atoms with E-state index in [-0.39, 0.29) is 30.8 Å². The zero-order chi connectivity index (χ0) is 19.1. The van der Waals surface area contributed by atoms with Gasteiger partial charge in [0.05, 0.1) is 0 Å². The van der Waals surface area contributed by atoms with Crippen molar-refractivity contribution in [3.63, 3.8) is 0 Å². The molecule has 1 saturated heterocycles. The van der Waals surface area contributed by atoms with Gasteiger partial charge in [0.25, 0.3) is 5.91 Å². The lowest BCUT2D eigenvalue weighted by molar-refractivity contribution is -0.132. The molecule has 1 saturated carbocycles. The molecule has 1 aromatic carbocycles. The van der Waals surface area contributed by atoms with Crippen molar-refractivity contribution in [2.24, 2.45) is 0 Å². The first kappa shape index (κ1) is 19.7. The molecule has 0 aromatic heterocycles. The van der Waals surface area contributed by atoms with Crippen LogP contribution in [0, 0.1) is 0 Å². The summed E-state index contributed by atoms with van der Waals surface area (Å²) >= 11 is 1.76. The second-order valence-corrected chi connectivity index (χ2v) is 8.27. The number of benzene rings is 1. The number of nitrogens with one attached hydrogen (secondary N) is 2. The van der Waals surface area contributed by atoms with Crippen LogP contribution >= 0.6 is 11.8 Å². The Morgan fingerprint density at radius 3 is 2.63 bits per heavy atom. The van der Waals surface area contributed by atoms with Gasteiger partial charge in [0, 0.05) is 31.0 Å². The largest absolute Gasteiger partial charge is 0.355 e. The van der Waals surface area contributed by atoms with Crippen molar-refractivity contribution in [3.8, 4) is 0 Å². The molecule has 7 heteroatoms. The second-order valence-electron chi connectivity index (χ2n) is 7.17. The van der Waals surface area contributed by atoms with E-state index in [4.69, 9.17) is 0 Å². The summed E-state index contributed by atoms with van der Waals surface area (Å²) in [5.41, 5.74) is 0.559. The quantitative estimate of drug-likeness (QED) is 0.529. The number of rotatable bonds is 8. The summed E-state index contributed by atoms with van der Waals surface area (Å²) in [6, 6.07) is 9.85. The fraction of sp³-hybridized carbons (Fsp3) is 0.550. The molecule has 2 N–H and O–H groups in total.